The van der Waals surface area contributed by atoms with Gasteiger partial charge in [0.1, 0.15) is 10.0 Å². The summed E-state index contributed by atoms with van der Waals surface area (Å²) in [5.74, 6) is 1.37. The molecular weight excluding hydrogens is 917 g/mol. The number of aromatic nitrogens is 2. The number of carbonyl (C=O) groups is 2. The molecule has 318 valence electrons. The monoisotopic (exact) mass is 964 g/mol. The molecule has 0 radical (unpaired) electrons. The Morgan fingerprint density at radius 2 is 0.839 bits per heavy atom. The molecule has 0 saturated carbocycles. The number of benzene rings is 1. The highest BCUT2D eigenvalue weighted by Gasteiger charge is 2.27. The molecule has 8 heterocycles. The van der Waals surface area contributed by atoms with Gasteiger partial charge in [-0.15, -0.1) is 90.7 Å². The molecule has 0 aliphatic heterocycles. The maximum atomic E-state index is 11.5. The highest BCUT2D eigenvalue weighted by atomic mass is 32.1. The van der Waals surface area contributed by atoms with Crippen molar-refractivity contribution in [2.75, 3.05) is 0 Å². The van der Waals surface area contributed by atoms with Crippen molar-refractivity contribution in [3.8, 4) is 60.2 Å². The minimum Gasteiger partial charge on any atom is -0.297 e. The van der Waals surface area contributed by atoms with Crippen LogP contribution in [0.2, 0.25) is 0 Å². The van der Waals surface area contributed by atoms with Gasteiger partial charge < -0.3 is 0 Å². The van der Waals surface area contributed by atoms with Gasteiger partial charge in [0.2, 0.25) is 0 Å². The van der Waals surface area contributed by atoms with Crippen LogP contribution < -0.4 is 0 Å². The molecule has 12 heteroatoms. The van der Waals surface area contributed by atoms with Crippen LogP contribution >= 0.6 is 90.7 Å². The number of aldehydes is 2. The fraction of sp³-hybridized carbons (Fsp3) is 0.320. The van der Waals surface area contributed by atoms with Crippen LogP contribution in [0.3, 0.4) is 0 Å². The number of thiophene rings is 6. The molecule has 62 heavy (non-hydrogen) atoms. The number of unbranched alkanes of at least 4 members (excludes halogenated alkanes) is 2. The summed E-state index contributed by atoms with van der Waals surface area (Å²) < 4.78 is 2.38. The van der Waals surface area contributed by atoms with E-state index in [-0.39, 0.29) is 0 Å². The van der Waals surface area contributed by atoms with Gasteiger partial charge in [-0.2, -0.15) is 0 Å². The van der Waals surface area contributed by atoms with Crippen molar-refractivity contribution in [3.63, 3.8) is 0 Å². The van der Waals surface area contributed by atoms with Gasteiger partial charge >= 0.3 is 0 Å². The van der Waals surface area contributed by atoms with Crippen molar-refractivity contribution >= 4 is 124 Å². The first-order valence-electron chi connectivity index (χ1n) is 21.7. The minimum absolute atomic E-state index is 0.685. The maximum absolute atomic E-state index is 11.5. The van der Waals surface area contributed by atoms with Crippen molar-refractivity contribution in [1.82, 2.24) is 9.97 Å². The molecule has 9 rings (SSSR count). The predicted molar refractivity (Wildman–Crippen MR) is 277 cm³/mol. The zero-order chi connectivity index (χ0) is 42.7. The van der Waals surface area contributed by atoms with Gasteiger partial charge in [-0.05, 0) is 97.5 Å². The Morgan fingerprint density at radius 1 is 0.452 bits per heavy atom. The first kappa shape index (κ1) is 43.8. The molecule has 0 aliphatic rings. The number of carbonyl (C=O) groups excluding carboxylic acids is 2. The molecule has 0 amide bonds. The molecule has 2 unspecified atom stereocenters. The van der Waals surface area contributed by atoms with Crippen LogP contribution in [0.4, 0.5) is 0 Å². The molecule has 0 fully saturated rings. The van der Waals surface area contributed by atoms with Crippen LogP contribution in [0.15, 0.2) is 72.8 Å². The van der Waals surface area contributed by atoms with Crippen molar-refractivity contribution in [1.29, 1.82) is 0 Å². The predicted octanol–water partition coefficient (Wildman–Crippen LogP) is 18.4. The van der Waals surface area contributed by atoms with Crippen LogP contribution in [0.25, 0.3) is 80.6 Å². The van der Waals surface area contributed by atoms with E-state index in [0.29, 0.717) is 11.8 Å². The topological polar surface area (TPSA) is 59.9 Å². The van der Waals surface area contributed by atoms with E-state index in [0.717, 1.165) is 85.5 Å². The van der Waals surface area contributed by atoms with Crippen molar-refractivity contribution < 1.29 is 9.59 Å². The fourth-order valence-corrected chi connectivity index (χ4v) is 16.9. The van der Waals surface area contributed by atoms with Crippen LogP contribution in [-0.2, 0) is 12.8 Å². The molecule has 8 aromatic heterocycles. The Morgan fingerprint density at radius 3 is 1.23 bits per heavy atom. The van der Waals surface area contributed by atoms with Crippen LogP contribution in [0.5, 0.6) is 0 Å². The lowest BCUT2D eigenvalue weighted by Crippen LogP contribution is -2.01. The lowest BCUT2D eigenvalue weighted by atomic mass is 9.95. The molecular formula is C50H48N2O2S8. The Balaban J connectivity index is 1.23. The summed E-state index contributed by atoms with van der Waals surface area (Å²) in [5.41, 5.74) is 4.50. The van der Waals surface area contributed by atoms with E-state index >= 15 is 0 Å². The second-order valence-corrected chi connectivity index (χ2v) is 24.6. The molecule has 0 aliphatic carbocycles. The van der Waals surface area contributed by atoms with E-state index in [1.54, 1.807) is 45.3 Å². The number of fused-ring (bicyclic) bond motifs is 2. The van der Waals surface area contributed by atoms with E-state index in [2.05, 4.69) is 88.4 Å². The van der Waals surface area contributed by atoms with Crippen molar-refractivity contribution in [2.45, 2.75) is 91.9 Å². The number of nitrogens with zero attached hydrogens (tertiary/aromatic N) is 2. The van der Waals surface area contributed by atoms with Gasteiger partial charge in [0.25, 0.3) is 0 Å². The second kappa shape index (κ2) is 19.7. The Hall–Kier alpha value is -3.46. The molecule has 4 nitrogen and oxygen atoms in total. The number of thiazole rings is 2. The van der Waals surface area contributed by atoms with Crippen LogP contribution in [-0.4, -0.2) is 22.5 Å². The second-order valence-electron chi connectivity index (χ2n) is 15.9. The van der Waals surface area contributed by atoms with Gasteiger partial charge in [-0.3, -0.25) is 9.59 Å². The third kappa shape index (κ3) is 9.09. The highest BCUT2D eigenvalue weighted by Crippen LogP contribution is 2.53. The summed E-state index contributed by atoms with van der Waals surface area (Å²) in [4.78, 5) is 48.0. The van der Waals surface area contributed by atoms with Crippen molar-refractivity contribution in [3.05, 3.63) is 92.3 Å². The first-order chi connectivity index (χ1) is 30.4. The lowest BCUT2D eigenvalue weighted by molar-refractivity contribution is 0.111. The quantitative estimate of drug-likeness (QED) is 0.0714. The molecule has 0 N–H and O–H groups in total. The summed E-state index contributed by atoms with van der Waals surface area (Å²) in [6.07, 6.45) is 14.0. The minimum atomic E-state index is 0.685. The summed E-state index contributed by atoms with van der Waals surface area (Å²) in [5, 5.41) is 2.03. The van der Waals surface area contributed by atoms with E-state index in [1.165, 1.54) is 114 Å². The summed E-state index contributed by atoms with van der Waals surface area (Å²) >= 11 is 14.0. The molecule has 0 bridgehead atoms. The summed E-state index contributed by atoms with van der Waals surface area (Å²) in [6.45, 7) is 9.26. The Labute approximate surface area is 396 Å². The van der Waals surface area contributed by atoms with E-state index in [1.807, 2.05) is 34.8 Å². The smallest absolute Gasteiger partial charge is 0.160 e. The largest absolute Gasteiger partial charge is 0.297 e. The Bertz CT molecular complexity index is 2710. The number of hydrogen-bond acceptors (Lipinski definition) is 12. The molecule has 2 atom stereocenters. The molecule has 0 saturated heterocycles. The number of rotatable bonds is 20. The van der Waals surface area contributed by atoms with Crippen LogP contribution in [0.1, 0.15) is 108 Å². The molecule has 1 aromatic carbocycles. The SMILES string of the molecule is CCCCC(CC)Cc1ccc(-c2c3nc(-c4ccc(-c5ccc(C=O)s5)s4)sc3c(-c3ccc(CC(CC)CCCC)s3)c3nc(-c4ccc(-c5ccc(C=O)s5)s4)sc23)s1. The average Bonchev–Trinajstić information content (AvgIpc) is 4.14. The standard InChI is InChI=1S/C50H48N2O2S8/c1-5-9-11-29(7-3)25-31-13-19-39(55-31)43-45-48(62-49(51-45)41-23-21-37(59-41)35-17-15-33(27-53)57-35)44(40-20-14-32(56-40)26-30(8-4)12-10-6-2)46-47(43)61-50(52-46)42-24-22-38(60-42)36-18-16-34(28-54)58-36/h13-24,27-30H,5-12,25-26H2,1-4H3. The third-order valence-corrected chi connectivity index (χ3v) is 21.0. The third-order valence-electron chi connectivity index (χ3n) is 11.7. The van der Waals surface area contributed by atoms with E-state index in [4.69, 9.17) is 9.97 Å². The summed E-state index contributed by atoms with van der Waals surface area (Å²) in [7, 11) is 0. The lowest BCUT2D eigenvalue weighted by Gasteiger charge is -2.13. The van der Waals surface area contributed by atoms with Gasteiger partial charge in [-0.1, -0.05) is 79.1 Å². The summed E-state index contributed by atoms with van der Waals surface area (Å²) in [6, 6.07) is 26.1. The zero-order valence-electron chi connectivity index (χ0n) is 35.3. The highest BCUT2D eigenvalue weighted by molar-refractivity contribution is 7.30. The van der Waals surface area contributed by atoms with E-state index < -0.39 is 0 Å². The number of hydrogen-bond donors (Lipinski definition) is 0. The van der Waals surface area contributed by atoms with Gasteiger partial charge in [0.05, 0.1) is 39.9 Å². The normalized spacial score (nSPS) is 12.8. The van der Waals surface area contributed by atoms with Gasteiger partial charge in [0.15, 0.2) is 12.6 Å². The van der Waals surface area contributed by atoms with Crippen LogP contribution in [0, 0.1) is 11.8 Å². The van der Waals surface area contributed by atoms with Gasteiger partial charge in [-0.25, -0.2) is 9.97 Å². The molecule has 0 spiro atoms. The maximum Gasteiger partial charge on any atom is 0.160 e. The first-order valence-corrected chi connectivity index (χ1v) is 28.2. The fourth-order valence-electron chi connectivity index (χ4n) is 8.17. The van der Waals surface area contributed by atoms with Crippen molar-refractivity contribution in [2.24, 2.45) is 11.8 Å². The molecule has 9 aromatic rings. The van der Waals surface area contributed by atoms with E-state index in [9.17, 15) is 9.59 Å². The average molecular weight is 965 g/mol. The zero-order valence-corrected chi connectivity index (χ0v) is 41.8. The van der Waals surface area contributed by atoms with Gasteiger partial charge in [0, 0.05) is 50.1 Å². The Kier molecular flexibility index (Phi) is 13.9.